The predicted octanol–water partition coefficient (Wildman–Crippen LogP) is 3.65. The van der Waals surface area contributed by atoms with Crippen LogP contribution in [0.2, 0.25) is 0 Å². The Morgan fingerprint density at radius 2 is 2.00 bits per heavy atom. The van der Waals surface area contributed by atoms with Crippen LogP contribution in [0.5, 0.6) is 0 Å². The molecule has 0 fully saturated rings. The Labute approximate surface area is 116 Å². The summed E-state index contributed by atoms with van der Waals surface area (Å²) in [4.78, 5) is 11.6. The molecular formula is C17H23NO. The maximum atomic E-state index is 11.6. The van der Waals surface area contributed by atoms with Gasteiger partial charge in [0.2, 0.25) is 5.91 Å². The van der Waals surface area contributed by atoms with Gasteiger partial charge in [0.15, 0.2) is 0 Å². The Hall–Kier alpha value is -1.83. The molecule has 0 aromatic heterocycles. The zero-order valence-electron chi connectivity index (χ0n) is 11.5. The number of aryl methyl sites for hydroxylation is 1. The molecular weight excluding hydrogens is 234 g/mol. The topological polar surface area (TPSA) is 29.1 Å². The Balaban J connectivity index is 2.26. The van der Waals surface area contributed by atoms with Crippen LogP contribution in [0.4, 0.5) is 0 Å². The number of hydrogen-bond acceptors (Lipinski definition) is 1. The fourth-order valence-corrected chi connectivity index (χ4v) is 1.93. The average Bonchev–Trinajstić information content (AvgIpc) is 2.45. The number of rotatable bonds is 9. The highest BCUT2D eigenvalue weighted by molar-refractivity contribution is 5.76. The van der Waals surface area contributed by atoms with E-state index in [2.05, 4.69) is 42.7 Å². The van der Waals surface area contributed by atoms with Crippen molar-refractivity contribution in [2.75, 3.05) is 0 Å². The van der Waals surface area contributed by atoms with Crippen molar-refractivity contribution in [3.05, 3.63) is 61.2 Å². The van der Waals surface area contributed by atoms with Gasteiger partial charge in [0.25, 0.3) is 0 Å². The largest absolute Gasteiger partial charge is 0.350 e. The highest BCUT2D eigenvalue weighted by atomic mass is 16.1. The number of carbonyl (C=O) groups is 1. The molecule has 0 radical (unpaired) electrons. The minimum absolute atomic E-state index is 0.0704. The van der Waals surface area contributed by atoms with E-state index in [9.17, 15) is 4.79 Å². The van der Waals surface area contributed by atoms with Gasteiger partial charge in [-0.1, -0.05) is 42.5 Å². The minimum Gasteiger partial charge on any atom is -0.350 e. The van der Waals surface area contributed by atoms with Crippen molar-refractivity contribution < 1.29 is 4.79 Å². The molecule has 0 heterocycles. The standard InChI is InChI=1S/C17H23NO/c1-3-5-14-17(19)18-16(4-2)13-9-12-15-10-7-6-8-11-15/h3-4,6-8,10-11,16H,1-2,5,9,12-14H2,(H,18,19)/t16-/m0/s1. The van der Waals surface area contributed by atoms with Gasteiger partial charge in [-0.2, -0.15) is 0 Å². The molecule has 1 N–H and O–H groups in total. The van der Waals surface area contributed by atoms with Gasteiger partial charge in [-0.25, -0.2) is 0 Å². The van der Waals surface area contributed by atoms with Crippen molar-refractivity contribution in [1.82, 2.24) is 5.32 Å². The van der Waals surface area contributed by atoms with Gasteiger partial charge in [-0.3, -0.25) is 4.79 Å². The van der Waals surface area contributed by atoms with Crippen molar-refractivity contribution >= 4 is 5.91 Å². The van der Waals surface area contributed by atoms with Crippen LogP contribution in [0.25, 0.3) is 0 Å². The number of hydrogen-bond donors (Lipinski definition) is 1. The van der Waals surface area contributed by atoms with Crippen molar-refractivity contribution in [3.8, 4) is 0 Å². The first kappa shape index (κ1) is 15.2. The van der Waals surface area contributed by atoms with Crippen LogP contribution in [-0.4, -0.2) is 11.9 Å². The van der Waals surface area contributed by atoms with E-state index >= 15 is 0 Å². The normalized spacial score (nSPS) is 11.6. The van der Waals surface area contributed by atoms with Gasteiger partial charge >= 0.3 is 0 Å². The quantitative estimate of drug-likeness (QED) is 0.672. The third-order valence-corrected chi connectivity index (χ3v) is 3.03. The van der Waals surface area contributed by atoms with Gasteiger partial charge in [0.05, 0.1) is 0 Å². The van der Waals surface area contributed by atoms with Gasteiger partial charge in [-0.05, 0) is 31.2 Å². The number of benzene rings is 1. The zero-order valence-corrected chi connectivity index (χ0v) is 11.5. The van der Waals surface area contributed by atoms with Crippen LogP contribution >= 0.6 is 0 Å². The number of carbonyl (C=O) groups excluding carboxylic acids is 1. The van der Waals surface area contributed by atoms with Gasteiger partial charge in [0, 0.05) is 12.5 Å². The van der Waals surface area contributed by atoms with E-state index in [1.165, 1.54) is 5.56 Å². The number of nitrogens with one attached hydrogen (secondary N) is 1. The summed E-state index contributed by atoms with van der Waals surface area (Å²) in [6.07, 6.45) is 7.81. The van der Waals surface area contributed by atoms with Crippen molar-refractivity contribution in [2.24, 2.45) is 0 Å². The monoisotopic (exact) mass is 257 g/mol. The second-order valence-corrected chi connectivity index (χ2v) is 4.61. The molecule has 2 heteroatoms. The predicted molar refractivity (Wildman–Crippen MR) is 80.9 cm³/mol. The molecule has 0 aliphatic rings. The molecule has 0 bridgehead atoms. The molecule has 0 aliphatic carbocycles. The summed E-state index contributed by atoms with van der Waals surface area (Å²) in [6, 6.07) is 10.5. The summed E-state index contributed by atoms with van der Waals surface area (Å²) in [6.45, 7) is 7.40. The Morgan fingerprint density at radius 1 is 1.26 bits per heavy atom. The Bertz CT molecular complexity index is 397. The van der Waals surface area contributed by atoms with E-state index in [4.69, 9.17) is 0 Å². The smallest absolute Gasteiger partial charge is 0.220 e. The van der Waals surface area contributed by atoms with Gasteiger partial charge in [0.1, 0.15) is 0 Å². The molecule has 19 heavy (non-hydrogen) atoms. The molecule has 2 nitrogen and oxygen atoms in total. The van der Waals surface area contributed by atoms with E-state index in [-0.39, 0.29) is 11.9 Å². The molecule has 0 aliphatic heterocycles. The maximum Gasteiger partial charge on any atom is 0.220 e. The molecule has 1 aromatic rings. The van der Waals surface area contributed by atoms with Crippen molar-refractivity contribution in [3.63, 3.8) is 0 Å². The summed E-state index contributed by atoms with van der Waals surface area (Å²) in [5.41, 5.74) is 1.34. The van der Waals surface area contributed by atoms with Gasteiger partial charge in [-0.15, -0.1) is 13.2 Å². The van der Waals surface area contributed by atoms with E-state index in [1.54, 1.807) is 6.08 Å². The zero-order chi connectivity index (χ0) is 13.9. The molecule has 1 amide bonds. The highest BCUT2D eigenvalue weighted by Gasteiger charge is 2.07. The van der Waals surface area contributed by atoms with Crippen LogP contribution in [0.1, 0.15) is 31.2 Å². The third-order valence-electron chi connectivity index (χ3n) is 3.03. The second kappa shape index (κ2) is 9.15. The summed E-state index contributed by atoms with van der Waals surface area (Å²) in [5, 5.41) is 2.98. The molecule has 0 unspecified atom stereocenters. The van der Waals surface area contributed by atoms with Gasteiger partial charge < -0.3 is 5.32 Å². The highest BCUT2D eigenvalue weighted by Crippen LogP contribution is 2.07. The first-order valence-corrected chi connectivity index (χ1v) is 6.83. The van der Waals surface area contributed by atoms with Crippen LogP contribution in [0.3, 0.4) is 0 Å². The molecule has 0 saturated carbocycles. The fourth-order valence-electron chi connectivity index (χ4n) is 1.93. The summed E-state index contributed by atoms with van der Waals surface area (Å²) >= 11 is 0. The first-order valence-electron chi connectivity index (χ1n) is 6.83. The van der Waals surface area contributed by atoms with Crippen molar-refractivity contribution in [1.29, 1.82) is 0 Å². The lowest BCUT2D eigenvalue weighted by Gasteiger charge is -2.14. The molecule has 0 saturated heterocycles. The summed E-state index contributed by atoms with van der Waals surface area (Å²) in [7, 11) is 0. The van der Waals surface area contributed by atoms with Crippen LogP contribution in [-0.2, 0) is 11.2 Å². The van der Waals surface area contributed by atoms with E-state index in [0.717, 1.165) is 25.7 Å². The lowest BCUT2D eigenvalue weighted by Crippen LogP contribution is -2.33. The third kappa shape index (κ3) is 6.61. The second-order valence-electron chi connectivity index (χ2n) is 4.61. The Kier molecular flexibility index (Phi) is 7.33. The lowest BCUT2D eigenvalue weighted by molar-refractivity contribution is -0.121. The van der Waals surface area contributed by atoms with Crippen molar-refractivity contribution in [2.45, 2.75) is 38.1 Å². The average molecular weight is 257 g/mol. The summed E-state index contributed by atoms with van der Waals surface area (Å²) < 4.78 is 0. The van der Waals surface area contributed by atoms with Crippen LogP contribution < -0.4 is 5.32 Å². The van der Waals surface area contributed by atoms with Crippen LogP contribution in [0, 0.1) is 0 Å². The molecule has 1 atom stereocenters. The maximum absolute atomic E-state index is 11.6. The number of amides is 1. The SMILES string of the molecule is C=CCCC(=O)N[C@@H](C=C)CCCc1ccccc1. The lowest BCUT2D eigenvalue weighted by atomic mass is 10.0. The van der Waals surface area contributed by atoms with E-state index in [0.29, 0.717) is 6.42 Å². The van der Waals surface area contributed by atoms with E-state index in [1.807, 2.05) is 12.1 Å². The minimum atomic E-state index is 0.0704. The summed E-state index contributed by atoms with van der Waals surface area (Å²) in [5.74, 6) is 0.0736. The van der Waals surface area contributed by atoms with Crippen LogP contribution in [0.15, 0.2) is 55.6 Å². The first-order chi connectivity index (χ1) is 9.26. The van der Waals surface area contributed by atoms with E-state index < -0.39 is 0 Å². The Morgan fingerprint density at radius 3 is 2.63 bits per heavy atom. The molecule has 1 rings (SSSR count). The fraction of sp³-hybridized carbons (Fsp3) is 0.353. The molecule has 1 aromatic carbocycles. The number of allylic oxidation sites excluding steroid dienone is 1. The molecule has 0 spiro atoms. The molecule has 102 valence electrons.